The van der Waals surface area contributed by atoms with Crippen LogP contribution in [-0.2, 0) is 0 Å². The molecule has 0 aromatic heterocycles. The van der Waals surface area contributed by atoms with E-state index >= 15 is 0 Å². The van der Waals surface area contributed by atoms with Crippen molar-refractivity contribution in [3.05, 3.63) is 49.1 Å². The highest BCUT2D eigenvalue weighted by atomic mass is 14.0. The zero-order valence-corrected chi connectivity index (χ0v) is 20.5. The van der Waals surface area contributed by atoms with Gasteiger partial charge in [0.05, 0.1) is 0 Å². The van der Waals surface area contributed by atoms with E-state index in [1.807, 2.05) is 18.2 Å². The second kappa shape index (κ2) is 28.0. The maximum absolute atomic E-state index is 5.27. The first-order valence-corrected chi connectivity index (χ1v) is 13.4. The first-order valence-electron chi connectivity index (χ1n) is 13.4. The van der Waals surface area contributed by atoms with Gasteiger partial charge in [-0.1, -0.05) is 178 Å². The number of unbranched alkanes of at least 4 members (excludes halogenated alkanes) is 20. The Morgan fingerprint density at radius 3 is 1.13 bits per heavy atom. The van der Waals surface area contributed by atoms with E-state index in [1.165, 1.54) is 135 Å². The van der Waals surface area contributed by atoms with Crippen molar-refractivity contribution >= 4 is 0 Å². The van der Waals surface area contributed by atoms with Crippen molar-refractivity contribution in [1.29, 1.82) is 0 Å². The molecule has 0 heteroatoms. The number of hydrogen-bond acceptors (Lipinski definition) is 0. The Morgan fingerprint density at radius 2 is 0.733 bits per heavy atom. The Bertz CT molecular complexity index is 398. The van der Waals surface area contributed by atoms with Gasteiger partial charge in [0, 0.05) is 0 Å². The molecular weight excluding hydrogens is 360 g/mol. The predicted octanol–water partition coefficient (Wildman–Crippen LogP) is 10.9. The zero-order chi connectivity index (χ0) is 21.8. The third-order valence-corrected chi connectivity index (χ3v) is 5.92. The summed E-state index contributed by atoms with van der Waals surface area (Å²) < 4.78 is 0. The summed E-state index contributed by atoms with van der Waals surface area (Å²) in [6, 6.07) is 0. The van der Waals surface area contributed by atoms with Crippen LogP contribution < -0.4 is 0 Å². The van der Waals surface area contributed by atoms with Gasteiger partial charge in [-0.25, -0.2) is 0 Å². The normalized spacial score (nSPS) is 12.0. The summed E-state index contributed by atoms with van der Waals surface area (Å²) in [6.07, 6.45) is 43.9. The molecule has 0 unspecified atom stereocenters. The van der Waals surface area contributed by atoms with Crippen LogP contribution in [0, 0.1) is 6.58 Å². The molecule has 0 atom stereocenters. The fourth-order valence-electron chi connectivity index (χ4n) is 3.95. The second-order valence-corrected chi connectivity index (χ2v) is 8.90. The molecule has 0 aliphatic heterocycles. The molecule has 0 spiro atoms. The molecule has 0 heterocycles. The fourth-order valence-corrected chi connectivity index (χ4v) is 3.95. The Balaban J connectivity index is 3.09. The van der Waals surface area contributed by atoms with Gasteiger partial charge < -0.3 is 0 Å². The Hall–Kier alpha value is -1.04. The van der Waals surface area contributed by atoms with E-state index in [1.54, 1.807) is 6.08 Å². The Labute approximate surface area is 191 Å². The van der Waals surface area contributed by atoms with Gasteiger partial charge in [0.2, 0.25) is 0 Å². The van der Waals surface area contributed by atoms with Crippen LogP contribution in [0.5, 0.6) is 0 Å². The van der Waals surface area contributed by atoms with Crippen LogP contribution in [-0.4, -0.2) is 0 Å². The summed E-state index contributed by atoms with van der Waals surface area (Å²) >= 11 is 0. The van der Waals surface area contributed by atoms with Crippen molar-refractivity contribution in [1.82, 2.24) is 0 Å². The highest BCUT2D eigenvalue weighted by Crippen LogP contribution is 2.15. The van der Waals surface area contributed by atoms with Crippen molar-refractivity contribution < 1.29 is 0 Å². The van der Waals surface area contributed by atoms with E-state index in [0.717, 1.165) is 0 Å². The van der Waals surface area contributed by atoms with Crippen LogP contribution in [0.4, 0.5) is 0 Å². The molecule has 0 fully saturated rings. The standard InChI is InChI=1S/C30H53/c1-3-5-7-9-11-13-15-17-19-21-23-25-27-29-30-28-26-24-22-20-18-16-14-12-10-8-6-4-2/h1,3,5,7,9,11,13,15H,4,6,8,10,12,14,16-30H2,2H3. The minimum atomic E-state index is 1.20. The van der Waals surface area contributed by atoms with E-state index in [9.17, 15) is 0 Å². The van der Waals surface area contributed by atoms with Crippen LogP contribution in [0.15, 0.2) is 42.5 Å². The van der Waals surface area contributed by atoms with Crippen molar-refractivity contribution in [2.75, 3.05) is 0 Å². The Morgan fingerprint density at radius 1 is 0.400 bits per heavy atom. The SMILES string of the molecule is [CH]=CC=CC=CC=CCCCCCCCCCCCCCCCCCCCCCC. The summed E-state index contributed by atoms with van der Waals surface area (Å²) in [7, 11) is 0. The molecule has 0 saturated heterocycles. The van der Waals surface area contributed by atoms with Gasteiger partial charge in [-0.3, -0.25) is 0 Å². The van der Waals surface area contributed by atoms with Crippen LogP contribution >= 0.6 is 0 Å². The average molecular weight is 414 g/mol. The summed E-state index contributed by atoms with van der Waals surface area (Å²) in [5.74, 6) is 0. The monoisotopic (exact) mass is 413 g/mol. The first kappa shape index (κ1) is 29.0. The first-order chi connectivity index (χ1) is 14.9. The largest absolute Gasteiger partial charge is 0.0845 e. The van der Waals surface area contributed by atoms with E-state index in [2.05, 4.69) is 25.2 Å². The molecule has 0 aromatic carbocycles. The molecule has 0 amide bonds. The van der Waals surface area contributed by atoms with Crippen molar-refractivity contribution in [3.8, 4) is 0 Å². The predicted molar refractivity (Wildman–Crippen MR) is 139 cm³/mol. The van der Waals surface area contributed by atoms with Crippen LogP contribution in [0.3, 0.4) is 0 Å². The fraction of sp³-hybridized carbons (Fsp3) is 0.733. The average Bonchev–Trinajstić information content (AvgIpc) is 2.76. The van der Waals surface area contributed by atoms with Gasteiger partial charge in [0.25, 0.3) is 0 Å². The molecule has 1 radical (unpaired) electrons. The third kappa shape index (κ3) is 27.0. The quantitative estimate of drug-likeness (QED) is 0.109. The highest BCUT2D eigenvalue weighted by molar-refractivity contribution is 5.13. The summed E-state index contributed by atoms with van der Waals surface area (Å²) in [6.45, 7) is 7.56. The molecule has 0 bridgehead atoms. The van der Waals surface area contributed by atoms with Crippen LogP contribution in [0.25, 0.3) is 0 Å². The van der Waals surface area contributed by atoms with E-state index < -0.39 is 0 Å². The van der Waals surface area contributed by atoms with E-state index in [4.69, 9.17) is 6.58 Å². The lowest BCUT2D eigenvalue weighted by Gasteiger charge is -2.04. The maximum atomic E-state index is 5.27. The minimum absolute atomic E-state index is 1.20. The third-order valence-electron chi connectivity index (χ3n) is 5.92. The summed E-state index contributed by atoms with van der Waals surface area (Å²) in [5.41, 5.74) is 0. The molecule has 30 heavy (non-hydrogen) atoms. The van der Waals surface area contributed by atoms with Gasteiger partial charge in [-0.15, -0.1) is 0 Å². The highest BCUT2D eigenvalue weighted by Gasteiger charge is 1.95. The number of hydrogen-bond donors (Lipinski definition) is 0. The van der Waals surface area contributed by atoms with E-state index in [-0.39, 0.29) is 0 Å². The van der Waals surface area contributed by atoms with Gasteiger partial charge in [0.15, 0.2) is 0 Å². The maximum Gasteiger partial charge on any atom is -0.0348 e. The van der Waals surface area contributed by atoms with Crippen molar-refractivity contribution in [2.45, 2.75) is 142 Å². The molecule has 0 aliphatic carbocycles. The van der Waals surface area contributed by atoms with Gasteiger partial charge in [0.1, 0.15) is 0 Å². The summed E-state index contributed by atoms with van der Waals surface area (Å²) in [5, 5.41) is 0. The summed E-state index contributed by atoms with van der Waals surface area (Å²) in [4.78, 5) is 0. The van der Waals surface area contributed by atoms with E-state index in [0.29, 0.717) is 0 Å². The molecular formula is C30H53. The van der Waals surface area contributed by atoms with Crippen LogP contribution in [0.1, 0.15) is 142 Å². The Kier molecular flexibility index (Phi) is 27.0. The van der Waals surface area contributed by atoms with Gasteiger partial charge in [-0.05, 0) is 12.8 Å². The van der Waals surface area contributed by atoms with Crippen molar-refractivity contribution in [3.63, 3.8) is 0 Å². The lowest BCUT2D eigenvalue weighted by molar-refractivity contribution is 0.522. The van der Waals surface area contributed by atoms with Crippen LogP contribution in [0.2, 0.25) is 0 Å². The molecule has 0 saturated carbocycles. The molecule has 0 aromatic rings. The lowest BCUT2D eigenvalue weighted by Crippen LogP contribution is -1.84. The smallest absolute Gasteiger partial charge is 0.0348 e. The molecule has 0 N–H and O–H groups in total. The van der Waals surface area contributed by atoms with Gasteiger partial charge in [-0.2, -0.15) is 0 Å². The molecule has 0 rings (SSSR count). The number of allylic oxidation sites excluding steroid dienone is 7. The number of rotatable bonds is 24. The lowest BCUT2D eigenvalue weighted by atomic mass is 10.0. The topological polar surface area (TPSA) is 0 Å². The minimum Gasteiger partial charge on any atom is -0.0845 e. The molecule has 0 nitrogen and oxygen atoms in total. The second-order valence-electron chi connectivity index (χ2n) is 8.90. The van der Waals surface area contributed by atoms with Crippen molar-refractivity contribution in [2.24, 2.45) is 0 Å². The molecule has 0 aliphatic rings. The molecule has 173 valence electrons. The van der Waals surface area contributed by atoms with Gasteiger partial charge >= 0.3 is 0 Å². The zero-order valence-electron chi connectivity index (χ0n) is 20.5.